The number of nitrogens with two attached hydrogens (primary N) is 1. The van der Waals surface area contributed by atoms with Crippen LogP contribution in [0.4, 0.5) is 0 Å². The van der Waals surface area contributed by atoms with E-state index >= 15 is 0 Å². The van der Waals surface area contributed by atoms with Crippen molar-refractivity contribution in [3.63, 3.8) is 0 Å². The van der Waals surface area contributed by atoms with Gasteiger partial charge >= 0.3 is 0 Å². The summed E-state index contributed by atoms with van der Waals surface area (Å²) < 4.78 is 0. The van der Waals surface area contributed by atoms with Crippen LogP contribution in [0.2, 0.25) is 0 Å². The molecule has 0 unspecified atom stereocenters. The number of likely N-dealkylation sites (tertiary alicyclic amines) is 1. The summed E-state index contributed by atoms with van der Waals surface area (Å²) in [4.78, 5) is 35.3. The lowest BCUT2D eigenvalue weighted by Gasteiger charge is -2.36. The molecule has 2 N–H and O–H groups in total. The molecular weight excluding hydrogens is 350 g/mol. The Hall–Kier alpha value is -1.51. The summed E-state index contributed by atoms with van der Waals surface area (Å²) in [6, 6.07) is -0.0323. The highest BCUT2D eigenvalue weighted by Gasteiger charge is 2.32. The largest absolute Gasteiger partial charge is 0.341 e. The van der Waals surface area contributed by atoms with Crippen molar-refractivity contribution in [2.45, 2.75) is 39.3 Å². The van der Waals surface area contributed by atoms with E-state index in [1.807, 2.05) is 11.8 Å². The molecule has 0 aromatic carbocycles. The van der Waals surface area contributed by atoms with Crippen molar-refractivity contribution in [3.8, 4) is 0 Å². The fourth-order valence-corrected chi connectivity index (χ4v) is 4.38. The van der Waals surface area contributed by atoms with Gasteiger partial charge in [-0.3, -0.25) is 14.5 Å². The third-order valence-corrected chi connectivity index (χ3v) is 6.13. The van der Waals surface area contributed by atoms with Gasteiger partial charge in [0.2, 0.25) is 11.8 Å². The number of carbonyl (C=O) groups is 2. The van der Waals surface area contributed by atoms with E-state index in [1.54, 1.807) is 23.2 Å². The molecule has 2 amide bonds. The zero-order valence-electron chi connectivity index (χ0n) is 15.7. The van der Waals surface area contributed by atoms with Crippen molar-refractivity contribution in [1.82, 2.24) is 19.7 Å². The Balaban J connectivity index is 1.53. The van der Waals surface area contributed by atoms with E-state index in [9.17, 15) is 9.59 Å². The van der Waals surface area contributed by atoms with Gasteiger partial charge in [0, 0.05) is 64.2 Å². The Kier molecular flexibility index (Phi) is 6.26. The molecule has 7 nitrogen and oxygen atoms in total. The number of rotatable bonds is 3. The van der Waals surface area contributed by atoms with E-state index in [4.69, 9.17) is 5.73 Å². The van der Waals surface area contributed by atoms with Gasteiger partial charge in [-0.1, -0.05) is 0 Å². The van der Waals surface area contributed by atoms with E-state index < -0.39 is 0 Å². The van der Waals surface area contributed by atoms with E-state index in [1.165, 1.54) is 0 Å². The first kappa shape index (κ1) is 19.3. The maximum atomic E-state index is 13.0. The lowest BCUT2D eigenvalue weighted by molar-refractivity contribution is -0.139. The van der Waals surface area contributed by atoms with E-state index in [0.717, 1.165) is 56.3 Å². The van der Waals surface area contributed by atoms with Gasteiger partial charge in [0.15, 0.2) is 0 Å². The second-order valence-corrected chi connectivity index (χ2v) is 8.48. The fourth-order valence-electron chi connectivity index (χ4n) is 3.77. The fraction of sp³-hybridized carbons (Fsp3) is 0.722. The van der Waals surface area contributed by atoms with Crippen molar-refractivity contribution in [3.05, 3.63) is 16.1 Å². The predicted octanol–water partition coefficient (Wildman–Crippen LogP) is 0.682. The monoisotopic (exact) mass is 379 g/mol. The van der Waals surface area contributed by atoms with E-state index in [-0.39, 0.29) is 23.8 Å². The van der Waals surface area contributed by atoms with Gasteiger partial charge in [0.1, 0.15) is 0 Å². The molecule has 144 valence electrons. The highest BCUT2D eigenvalue weighted by atomic mass is 32.1. The highest BCUT2D eigenvalue weighted by molar-refractivity contribution is 7.09. The quantitative estimate of drug-likeness (QED) is 0.835. The summed E-state index contributed by atoms with van der Waals surface area (Å²) in [5.41, 5.74) is 7.18. The van der Waals surface area contributed by atoms with Crippen LogP contribution in [-0.2, 0) is 16.1 Å². The Morgan fingerprint density at radius 3 is 2.54 bits per heavy atom. The molecule has 0 spiro atoms. The molecule has 0 aliphatic carbocycles. The van der Waals surface area contributed by atoms with Crippen molar-refractivity contribution in [2.75, 3.05) is 39.3 Å². The molecule has 1 aromatic heterocycles. The molecular formula is C18H29N5O2S. The van der Waals surface area contributed by atoms with Crippen molar-refractivity contribution < 1.29 is 9.59 Å². The number of carbonyl (C=O) groups excluding carboxylic acids is 2. The molecule has 2 fully saturated rings. The molecule has 26 heavy (non-hydrogen) atoms. The van der Waals surface area contributed by atoms with Crippen LogP contribution < -0.4 is 5.73 Å². The first-order chi connectivity index (χ1) is 12.4. The van der Waals surface area contributed by atoms with Crippen LogP contribution in [0.3, 0.4) is 0 Å². The Bertz CT molecular complexity index is 641. The summed E-state index contributed by atoms with van der Waals surface area (Å²) in [6.07, 6.45) is 1.56. The summed E-state index contributed by atoms with van der Waals surface area (Å²) in [7, 11) is 0. The molecule has 0 saturated carbocycles. The topological polar surface area (TPSA) is 82.8 Å². The number of nitrogens with zero attached hydrogens (tertiary/aromatic N) is 4. The number of aromatic nitrogens is 1. The third-order valence-electron chi connectivity index (χ3n) is 5.31. The van der Waals surface area contributed by atoms with Crippen LogP contribution in [0.5, 0.6) is 0 Å². The molecule has 0 radical (unpaired) electrons. The minimum Gasteiger partial charge on any atom is -0.341 e. The predicted molar refractivity (Wildman–Crippen MR) is 102 cm³/mol. The molecule has 2 saturated heterocycles. The van der Waals surface area contributed by atoms with Crippen LogP contribution in [-0.4, -0.2) is 76.8 Å². The molecule has 3 rings (SSSR count). The van der Waals surface area contributed by atoms with E-state index in [2.05, 4.69) is 15.3 Å². The SMILES string of the molecule is CC(=O)N1C[C@@H](N)CC[C@@H](C(=O)N2CCN(Cc3csc(C)n3)CC2)C1. The van der Waals surface area contributed by atoms with Crippen LogP contribution in [0.15, 0.2) is 5.38 Å². The van der Waals surface area contributed by atoms with Crippen molar-refractivity contribution >= 4 is 23.2 Å². The standard InChI is InChI=1S/C18H29N5O2S/c1-13-20-17(12-26-13)11-21-5-7-22(8-6-21)18(25)15-3-4-16(19)10-23(9-15)14(2)24/h12,15-16H,3-11,19H2,1-2H3/t15-,16+/m1/s1. The second kappa shape index (κ2) is 8.45. The number of hydrogen-bond donors (Lipinski definition) is 1. The van der Waals surface area contributed by atoms with Gasteiger partial charge in [0.05, 0.1) is 16.6 Å². The van der Waals surface area contributed by atoms with Crippen LogP contribution in [0.1, 0.15) is 30.5 Å². The molecule has 2 aliphatic rings. The van der Waals surface area contributed by atoms with Gasteiger partial charge in [0.25, 0.3) is 0 Å². The Morgan fingerprint density at radius 2 is 1.92 bits per heavy atom. The van der Waals surface area contributed by atoms with Crippen LogP contribution >= 0.6 is 11.3 Å². The van der Waals surface area contributed by atoms with Gasteiger partial charge in [-0.05, 0) is 19.8 Å². The van der Waals surface area contributed by atoms with Gasteiger partial charge in [-0.15, -0.1) is 11.3 Å². The number of hydrogen-bond acceptors (Lipinski definition) is 6. The average Bonchev–Trinajstić information content (AvgIpc) is 2.90. The zero-order valence-corrected chi connectivity index (χ0v) is 16.5. The smallest absolute Gasteiger partial charge is 0.227 e. The minimum absolute atomic E-state index is 0.00326. The third kappa shape index (κ3) is 4.81. The van der Waals surface area contributed by atoms with Crippen LogP contribution in [0, 0.1) is 12.8 Å². The second-order valence-electron chi connectivity index (χ2n) is 7.42. The van der Waals surface area contributed by atoms with E-state index in [0.29, 0.717) is 13.1 Å². The molecule has 1 aromatic rings. The first-order valence-corrected chi connectivity index (χ1v) is 10.2. The zero-order chi connectivity index (χ0) is 18.7. The summed E-state index contributed by atoms with van der Waals surface area (Å²) in [5, 5.41) is 3.20. The van der Waals surface area contributed by atoms with Crippen molar-refractivity contribution in [2.24, 2.45) is 11.7 Å². The number of piperazine rings is 1. The molecule has 2 atom stereocenters. The number of thiazole rings is 1. The number of amides is 2. The first-order valence-electron chi connectivity index (χ1n) is 9.35. The summed E-state index contributed by atoms with van der Waals surface area (Å²) in [5.74, 6) is 0.0539. The lowest BCUT2D eigenvalue weighted by Crippen LogP contribution is -2.51. The van der Waals surface area contributed by atoms with Gasteiger partial charge in [-0.2, -0.15) is 0 Å². The molecule has 3 heterocycles. The Morgan fingerprint density at radius 1 is 1.19 bits per heavy atom. The maximum absolute atomic E-state index is 13.0. The minimum atomic E-state index is -0.125. The molecule has 8 heteroatoms. The average molecular weight is 380 g/mol. The lowest BCUT2D eigenvalue weighted by atomic mass is 10.00. The van der Waals surface area contributed by atoms with Crippen molar-refractivity contribution in [1.29, 1.82) is 0 Å². The van der Waals surface area contributed by atoms with Gasteiger partial charge in [-0.25, -0.2) is 4.98 Å². The summed E-state index contributed by atoms with van der Waals surface area (Å²) >= 11 is 1.68. The van der Waals surface area contributed by atoms with Gasteiger partial charge < -0.3 is 15.5 Å². The number of aryl methyl sites for hydroxylation is 1. The van der Waals surface area contributed by atoms with Crippen LogP contribution in [0.25, 0.3) is 0 Å². The molecule has 0 bridgehead atoms. The normalized spacial score (nSPS) is 25.2. The highest BCUT2D eigenvalue weighted by Crippen LogP contribution is 2.20. The molecule has 2 aliphatic heterocycles. The Labute approximate surface area is 159 Å². The summed E-state index contributed by atoms with van der Waals surface area (Å²) in [6.45, 7) is 8.69. The maximum Gasteiger partial charge on any atom is 0.227 e.